The lowest BCUT2D eigenvalue weighted by molar-refractivity contribution is -0.122. The van der Waals surface area contributed by atoms with Gasteiger partial charge in [-0.3, -0.25) is 4.79 Å². The first-order chi connectivity index (χ1) is 14.5. The van der Waals surface area contributed by atoms with Crippen molar-refractivity contribution < 1.29 is 23.0 Å². The Bertz CT molecular complexity index is 1060. The molecule has 0 radical (unpaired) electrons. The van der Waals surface area contributed by atoms with Gasteiger partial charge in [-0.1, -0.05) is 18.2 Å². The number of amides is 1. The van der Waals surface area contributed by atoms with Crippen LogP contribution in [0.25, 0.3) is 11.0 Å². The molecule has 1 unspecified atom stereocenters. The lowest BCUT2D eigenvalue weighted by Gasteiger charge is -2.17. The van der Waals surface area contributed by atoms with Gasteiger partial charge >= 0.3 is 0 Å². The van der Waals surface area contributed by atoms with Crippen LogP contribution in [0.3, 0.4) is 0 Å². The molecule has 0 fully saturated rings. The van der Waals surface area contributed by atoms with Gasteiger partial charge in [0.15, 0.2) is 16.7 Å². The van der Waals surface area contributed by atoms with Crippen molar-refractivity contribution in [1.29, 1.82) is 0 Å². The maximum absolute atomic E-state index is 13.0. The van der Waals surface area contributed by atoms with Gasteiger partial charge in [0.05, 0.1) is 30.3 Å². The molecule has 0 aliphatic carbocycles. The van der Waals surface area contributed by atoms with Gasteiger partial charge in [0.1, 0.15) is 6.54 Å². The number of para-hydroxylation sites is 2. The van der Waals surface area contributed by atoms with Crippen LogP contribution in [0.2, 0.25) is 0 Å². The first-order valence-electron chi connectivity index (χ1n) is 9.60. The summed E-state index contributed by atoms with van der Waals surface area (Å²) >= 11 is 0.334. The molecule has 30 heavy (non-hydrogen) atoms. The van der Waals surface area contributed by atoms with Crippen LogP contribution in [0, 0.1) is 0 Å². The molecule has 158 valence electrons. The highest BCUT2D eigenvalue weighted by atomic mass is 32.2. The molecule has 1 amide bonds. The van der Waals surface area contributed by atoms with Crippen LogP contribution >= 0.6 is 11.8 Å². The molecule has 2 heterocycles. The second-order valence-electron chi connectivity index (χ2n) is 6.89. The van der Waals surface area contributed by atoms with Crippen LogP contribution in [-0.4, -0.2) is 34.4 Å². The summed E-state index contributed by atoms with van der Waals surface area (Å²) in [5.74, 6) is -1.58. The van der Waals surface area contributed by atoms with Gasteiger partial charge in [-0.2, -0.15) is 8.78 Å². The zero-order valence-corrected chi connectivity index (χ0v) is 17.1. The number of fused-ring (bicyclic) bond motifs is 2. The summed E-state index contributed by atoms with van der Waals surface area (Å²) in [4.78, 5) is 16.9. The van der Waals surface area contributed by atoms with Crippen molar-refractivity contribution in [3.05, 3.63) is 48.0 Å². The molecule has 1 aromatic heterocycles. The highest BCUT2D eigenvalue weighted by Gasteiger charge is 2.19. The molecule has 6 nitrogen and oxygen atoms in total. The maximum Gasteiger partial charge on any atom is 0.291 e. The summed E-state index contributed by atoms with van der Waals surface area (Å²) in [7, 11) is 0. The van der Waals surface area contributed by atoms with Crippen molar-refractivity contribution in [1.82, 2.24) is 14.9 Å². The number of carbonyl (C=O) groups excluding carboxylic acids is 1. The normalized spacial score (nSPS) is 14.5. The van der Waals surface area contributed by atoms with E-state index in [1.807, 2.05) is 25.1 Å². The van der Waals surface area contributed by atoms with Crippen LogP contribution in [0.15, 0.2) is 47.6 Å². The molecule has 0 spiro atoms. The molecule has 1 aliphatic heterocycles. The van der Waals surface area contributed by atoms with E-state index in [1.54, 1.807) is 24.3 Å². The first kappa shape index (κ1) is 20.5. The zero-order chi connectivity index (χ0) is 21.1. The fourth-order valence-corrected chi connectivity index (χ4v) is 3.94. The van der Waals surface area contributed by atoms with Gasteiger partial charge in [-0.15, -0.1) is 0 Å². The third-order valence-corrected chi connectivity index (χ3v) is 5.47. The number of hydrogen-bond donors (Lipinski definition) is 1. The van der Waals surface area contributed by atoms with Gasteiger partial charge in [0, 0.05) is 6.42 Å². The number of ether oxygens (including phenoxy) is 2. The van der Waals surface area contributed by atoms with E-state index in [2.05, 4.69) is 10.3 Å². The van der Waals surface area contributed by atoms with E-state index in [0.29, 0.717) is 47.5 Å². The number of aromatic nitrogens is 2. The highest BCUT2D eigenvalue weighted by Crippen LogP contribution is 2.32. The Hall–Kier alpha value is -2.81. The molecular weight excluding hydrogens is 412 g/mol. The van der Waals surface area contributed by atoms with E-state index >= 15 is 0 Å². The summed E-state index contributed by atoms with van der Waals surface area (Å²) in [5.41, 5.74) is 2.08. The number of nitrogens with zero attached hydrogens (tertiary/aromatic N) is 2. The standard InChI is InChI=1S/C21H21F2N3O3S/c1-13(14-7-8-17-18(11-14)29-10-4-9-28-17)24-19(27)12-26-16-6-3-2-5-15(16)25-21(26)30-20(22)23/h2-3,5-8,11,13,20H,4,9-10,12H2,1H3,(H,24,27). The lowest BCUT2D eigenvalue weighted by Crippen LogP contribution is -2.30. The van der Waals surface area contributed by atoms with Crippen molar-refractivity contribution in [2.75, 3.05) is 13.2 Å². The fourth-order valence-electron chi connectivity index (χ4n) is 3.34. The van der Waals surface area contributed by atoms with Crippen LogP contribution in [-0.2, 0) is 11.3 Å². The zero-order valence-electron chi connectivity index (χ0n) is 16.3. The summed E-state index contributed by atoms with van der Waals surface area (Å²) < 4.78 is 38.8. The van der Waals surface area contributed by atoms with Crippen LogP contribution in [0.1, 0.15) is 24.9 Å². The average Bonchev–Trinajstić information content (AvgIpc) is 2.89. The fraction of sp³-hybridized carbons (Fsp3) is 0.333. The molecule has 1 N–H and O–H groups in total. The largest absolute Gasteiger partial charge is 0.490 e. The number of alkyl halides is 2. The predicted octanol–water partition coefficient (Wildman–Crippen LogP) is 4.39. The SMILES string of the molecule is CC(NC(=O)Cn1c(SC(F)F)nc2ccccc21)c1ccc2c(c1)OCCCO2. The van der Waals surface area contributed by atoms with Crippen LogP contribution in [0.5, 0.6) is 11.5 Å². The van der Waals surface area contributed by atoms with Crippen molar-refractivity contribution >= 4 is 28.7 Å². The number of carbonyl (C=O) groups is 1. The van der Waals surface area contributed by atoms with E-state index in [-0.39, 0.29) is 23.7 Å². The Balaban J connectivity index is 1.50. The smallest absolute Gasteiger partial charge is 0.291 e. The monoisotopic (exact) mass is 433 g/mol. The number of thioether (sulfide) groups is 1. The molecule has 0 saturated heterocycles. The number of nitrogens with one attached hydrogen (secondary N) is 1. The maximum atomic E-state index is 13.0. The van der Waals surface area contributed by atoms with E-state index in [4.69, 9.17) is 9.47 Å². The Labute approximate surface area is 176 Å². The van der Waals surface area contributed by atoms with Gasteiger partial charge < -0.3 is 19.4 Å². The molecule has 0 saturated carbocycles. The first-order valence-corrected chi connectivity index (χ1v) is 10.5. The minimum atomic E-state index is -2.62. The molecule has 9 heteroatoms. The molecule has 3 aromatic rings. The van der Waals surface area contributed by atoms with Crippen LogP contribution < -0.4 is 14.8 Å². The average molecular weight is 433 g/mol. The molecule has 2 aromatic carbocycles. The van der Waals surface area contributed by atoms with Gasteiger partial charge in [0.2, 0.25) is 5.91 Å². The second-order valence-corrected chi connectivity index (χ2v) is 7.85. The van der Waals surface area contributed by atoms with Crippen molar-refractivity contribution in [3.8, 4) is 11.5 Å². The number of rotatable bonds is 6. The highest BCUT2D eigenvalue weighted by molar-refractivity contribution is 7.99. The number of halogens is 2. The van der Waals surface area contributed by atoms with Gasteiger partial charge in [-0.05, 0) is 48.5 Å². The van der Waals surface area contributed by atoms with E-state index < -0.39 is 5.76 Å². The van der Waals surface area contributed by atoms with E-state index in [0.717, 1.165) is 12.0 Å². The molecular formula is C21H21F2N3O3S. The molecule has 1 atom stereocenters. The van der Waals surface area contributed by atoms with Gasteiger partial charge in [-0.25, -0.2) is 4.98 Å². The van der Waals surface area contributed by atoms with Gasteiger partial charge in [0.25, 0.3) is 5.76 Å². The lowest BCUT2D eigenvalue weighted by atomic mass is 10.1. The Kier molecular flexibility index (Phi) is 6.08. The minimum absolute atomic E-state index is 0.107. The molecule has 1 aliphatic rings. The van der Waals surface area contributed by atoms with E-state index in [1.165, 1.54) is 4.57 Å². The minimum Gasteiger partial charge on any atom is -0.490 e. The second kappa shape index (κ2) is 8.91. The number of hydrogen-bond acceptors (Lipinski definition) is 5. The van der Waals surface area contributed by atoms with Crippen molar-refractivity contribution in [2.24, 2.45) is 0 Å². The molecule has 0 bridgehead atoms. The van der Waals surface area contributed by atoms with E-state index in [9.17, 15) is 13.6 Å². The molecule has 4 rings (SSSR count). The van der Waals surface area contributed by atoms with Crippen molar-refractivity contribution in [2.45, 2.75) is 36.8 Å². The number of imidazole rings is 1. The number of benzene rings is 2. The van der Waals surface area contributed by atoms with Crippen molar-refractivity contribution in [3.63, 3.8) is 0 Å². The van der Waals surface area contributed by atoms with Crippen LogP contribution in [0.4, 0.5) is 8.78 Å². The quantitative estimate of drug-likeness (QED) is 0.584. The summed E-state index contributed by atoms with van der Waals surface area (Å²) in [5, 5.41) is 3.04. The summed E-state index contributed by atoms with van der Waals surface area (Å²) in [6.45, 7) is 2.94. The Morgan fingerprint density at radius 3 is 2.77 bits per heavy atom. The Morgan fingerprint density at radius 2 is 1.97 bits per heavy atom. The predicted molar refractivity (Wildman–Crippen MR) is 110 cm³/mol. The summed E-state index contributed by atoms with van der Waals surface area (Å²) in [6, 6.07) is 12.3. The third kappa shape index (κ3) is 4.51. The summed E-state index contributed by atoms with van der Waals surface area (Å²) in [6.07, 6.45) is 0.814. The Morgan fingerprint density at radius 1 is 1.20 bits per heavy atom. The third-order valence-electron chi connectivity index (χ3n) is 4.76. The topological polar surface area (TPSA) is 65.4 Å².